The molecule has 3 rings (SSSR count). The Kier molecular flexibility index (Phi) is 3.71. The first-order valence-electron chi connectivity index (χ1n) is 7.96. The molecule has 1 aromatic rings. The van der Waals surface area contributed by atoms with E-state index in [2.05, 4.69) is 28.8 Å². The molecule has 1 saturated heterocycles. The maximum absolute atomic E-state index is 6.17. The number of hydrogen-bond donors (Lipinski definition) is 1. The van der Waals surface area contributed by atoms with Gasteiger partial charge in [-0.15, -0.1) is 5.10 Å². The van der Waals surface area contributed by atoms with Crippen LogP contribution in [-0.2, 0) is 4.74 Å². The highest BCUT2D eigenvalue weighted by Gasteiger charge is 2.40. The highest BCUT2D eigenvalue weighted by Crippen LogP contribution is 2.43. The van der Waals surface area contributed by atoms with Crippen molar-refractivity contribution >= 4 is 5.82 Å². The predicted molar refractivity (Wildman–Crippen MR) is 78.6 cm³/mol. The molecule has 0 bridgehead atoms. The van der Waals surface area contributed by atoms with Crippen molar-refractivity contribution in [3.8, 4) is 0 Å². The van der Waals surface area contributed by atoms with Crippen LogP contribution < -0.4 is 5.73 Å². The van der Waals surface area contributed by atoms with Gasteiger partial charge in [0.2, 0.25) is 0 Å². The Morgan fingerprint density at radius 3 is 2.75 bits per heavy atom. The molecule has 1 aromatic heterocycles. The lowest BCUT2D eigenvalue weighted by Gasteiger charge is -2.43. The molecule has 1 atom stereocenters. The van der Waals surface area contributed by atoms with E-state index >= 15 is 0 Å². The Hall–Kier alpha value is -1.10. The summed E-state index contributed by atoms with van der Waals surface area (Å²) >= 11 is 0. The standard InChI is InChI=1S/C15H26N4O/c1-11(2)13-14(16)17-18-19(13)12-6-9-20-15(10-12)7-4-3-5-8-15/h11-12H,3-10,16H2,1-2H3. The summed E-state index contributed by atoms with van der Waals surface area (Å²) in [5.74, 6) is 0.944. The van der Waals surface area contributed by atoms with E-state index in [0.29, 0.717) is 17.8 Å². The van der Waals surface area contributed by atoms with E-state index < -0.39 is 0 Å². The normalized spacial score (nSPS) is 26.2. The minimum Gasteiger partial charge on any atom is -0.381 e. The quantitative estimate of drug-likeness (QED) is 0.903. The van der Waals surface area contributed by atoms with E-state index in [1.165, 1.54) is 32.1 Å². The largest absolute Gasteiger partial charge is 0.381 e. The van der Waals surface area contributed by atoms with Crippen molar-refractivity contribution in [2.75, 3.05) is 12.3 Å². The molecule has 1 aliphatic carbocycles. The van der Waals surface area contributed by atoms with E-state index in [1.54, 1.807) is 0 Å². The van der Waals surface area contributed by atoms with Crippen LogP contribution in [0.5, 0.6) is 0 Å². The molecule has 1 saturated carbocycles. The number of nitrogen functional groups attached to an aromatic ring is 1. The van der Waals surface area contributed by atoms with Gasteiger partial charge in [-0.1, -0.05) is 38.3 Å². The van der Waals surface area contributed by atoms with Crippen LogP contribution in [-0.4, -0.2) is 27.2 Å². The first kappa shape index (κ1) is 13.9. The number of nitrogens with zero attached hydrogens (tertiary/aromatic N) is 3. The Labute approximate surface area is 120 Å². The summed E-state index contributed by atoms with van der Waals surface area (Å²) in [5.41, 5.74) is 7.17. The summed E-state index contributed by atoms with van der Waals surface area (Å²) in [6.45, 7) is 5.14. The van der Waals surface area contributed by atoms with Crippen LogP contribution in [0.15, 0.2) is 0 Å². The minimum absolute atomic E-state index is 0.0934. The van der Waals surface area contributed by atoms with Gasteiger partial charge in [0.25, 0.3) is 0 Å². The molecule has 0 amide bonds. The number of anilines is 1. The van der Waals surface area contributed by atoms with Gasteiger partial charge in [0.15, 0.2) is 5.82 Å². The molecular formula is C15H26N4O. The maximum Gasteiger partial charge on any atom is 0.169 e. The molecule has 2 aliphatic rings. The van der Waals surface area contributed by atoms with Gasteiger partial charge in [0.05, 0.1) is 17.3 Å². The molecule has 0 aromatic carbocycles. The minimum atomic E-state index is 0.0934. The first-order chi connectivity index (χ1) is 9.61. The zero-order valence-electron chi connectivity index (χ0n) is 12.6. The summed E-state index contributed by atoms with van der Waals surface area (Å²) in [4.78, 5) is 0. The SMILES string of the molecule is CC(C)c1c(N)nnn1C1CCOC2(CCCCC2)C1. The topological polar surface area (TPSA) is 66.0 Å². The second-order valence-electron chi connectivity index (χ2n) is 6.70. The molecule has 112 valence electrons. The fraction of sp³-hybridized carbons (Fsp3) is 0.867. The van der Waals surface area contributed by atoms with Gasteiger partial charge in [-0.3, -0.25) is 0 Å². The molecule has 5 heteroatoms. The molecule has 1 aliphatic heterocycles. The number of rotatable bonds is 2. The zero-order valence-corrected chi connectivity index (χ0v) is 12.6. The van der Waals surface area contributed by atoms with E-state index in [9.17, 15) is 0 Å². The van der Waals surface area contributed by atoms with Gasteiger partial charge in [0.1, 0.15) is 0 Å². The van der Waals surface area contributed by atoms with Crippen LogP contribution in [0.25, 0.3) is 0 Å². The van der Waals surface area contributed by atoms with Gasteiger partial charge in [-0.2, -0.15) is 0 Å². The molecule has 2 N–H and O–H groups in total. The van der Waals surface area contributed by atoms with Crippen LogP contribution in [0.3, 0.4) is 0 Å². The van der Waals surface area contributed by atoms with Crippen molar-refractivity contribution in [1.29, 1.82) is 0 Å². The van der Waals surface area contributed by atoms with Crippen molar-refractivity contribution in [2.24, 2.45) is 0 Å². The van der Waals surface area contributed by atoms with Gasteiger partial charge >= 0.3 is 0 Å². The smallest absolute Gasteiger partial charge is 0.169 e. The average molecular weight is 278 g/mol. The predicted octanol–water partition coefficient (Wildman–Crippen LogP) is 3.04. The highest BCUT2D eigenvalue weighted by atomic mass is 16.5. The lowest BCUT2D eigenvalue weighted by molar-refractivity contribution is -0.116. The maximum atomic E-state index is 6.17. The van der Waals surface area contributed by atoms with Gasteiger partial charge in [-0.05, 0) is 31.6 Å². The Bertz CT molecular complexity index is 457. The molecule has 1 unspecified atom stereocenters. The number of aromatic nitrogens is 3. The summed E-state index contributed by atoms with van der Waals surface area (Å²) in [6, 6.07) is 0.393. The molecule has 5 nitrogen and oxygen atoms in total. The third-order valence-electron chi connectivity index (χ3n) is 4.88. The lowest BCUT2D eigenvalue weighted by atomic mass is 9.78. The van der Waals surface area contributed by atoms with Crippen molar-refractivity contribution in [3.05, 3.63) is 5.69 Å². The molecule has 1 spiro atoms. The third-order valence-corrected chi connectivity index (χ3v) is 4.88. The molecule has 2 heterocycles. The lowest BCUT2D eigenvalue weighted by Crippen LogP contribution is -2.42. The monoisotopic (exact) mass is 278 g/mol. The van der Waals surface area contributed by atoms with Crippen LogP contribution in [0.2, 0.25) is 0 Å². The van der Waals surface area contributed by atoms with Crippen molar-refractivity contribution in [3.63, 3.8) is 0 Å². The van der Waals surface area contributed by atoms with Crippen LogP contribution in [0, 0.1) is 0 Å². The Balaban J connectivity index is 1.83. The van der Waals surface area contributed by atoms with E-state index in [1.807, 2.05) is 0 Å². The van der Waals surface area contributed by atoms with Gasteiger partial charge in [0, 0.05) is 6.61 Å². The van der Waals surface area contributed by atoms with Gasteiger partial charge < -0.3 is 10.5 Å². The van der Waals surface area contributed by atoms with E-state index in [-0.39, 0.29) is 5.60 Å². The fourth-order valence-electron chi connectivity index (χ4n) is 3.90. The molecular weight excluding hydrogens is 252 g/mol. The van der Waals surface area contributed by atoms with Crippen LogP contribution in [0.4, 0.5) is 5.82 Å². The molecule has 2 fully saturated rings. The summed E-state index contributed by atoms with van der Waals surface area (Å²) in [7, 11) is 0. The molecule has 20 heavy (non-hydrogen) atoms. The summed E-state index contributed by atoms with van der Waals surface area (Å²) in [6.07, 6.45) is 8.42. The summed E-state index contributed by atoms with van der Waals surface area (Å²) < 4.78 is 8.25. The van der Waals surface area contributed by atoms with Crippen molar-refractivity contribution in [2.45, 2.75) is 76.4 Å². The Morgan fingerprint density at radius 2 is 2.05 bits per heavy atom. The van der Waals surface area contributed by atoms with Gasteiger partial charge in [-0.25, -0.2) is 4.68 Å². The number of hydrogen-bond acceptors (Lipinski definition) is 4. The average Bonchev–Trinajstić information content (AvgIpc) is 2.82. The second kappa shape index (κ2) is 5.35. The van der Waals surface area contributed by atoms with E-state index in [4.69, 9.17) is 10.5 Å². The highest BCUT2D eigenvalue weighted by molar-refractivity contribution is 5.35. The number of ether oxygens (including phenoxy) is 1. The van der Waals surface area contributed by atoms with Crippen molar-refractivity contribution < 1.29 is 4.74 Å². The second-order valence-corrected chi connectivity index (χ2v) is 6.70. The van der Waals surface area contributed by atoms with Crippen LogP contribution in [0.1, 0.15) is 76.4 Å². The Morgan fingerprint density at radius 1 is 1.30 bits per heavy atom. The summed E-state index contributed by atoms with van der Waals surface area (Å²) in [5, 5.41) is 8.42. The fourth-order valence-corrected chi connectivity index (χ4v) is 3.90. The van der Waals surface area contributed by atoms with E-state index in [0.717, 1.165) is 25.1 Å². The zero-order chi connectivity index (χ0) is 14.2. The van der Waals surface area contributed by atoms with Crippen molar-refractivity contribution in [1.82, 2.24) is 15.0 Å². The van der Waals surface area contributed by atoms with Crippen LogP contribution >= 0.6 is 0 Å². The first-order valence-corrected chi connectivity index (χ1v) is 7.96. The third kappa shape index (κ3) is 2.43. The number of nitrogens with two attached hydrogens (primary N) is 1. The molecule has 0 radical (unpaired) electrons.